The van der Waals surface area contributed by atoms with Crippen LogP contribution in [0.2, 0.25) is 0 Å². The normalized spacial score (nSPS) is 11.8. The lowest BCUT2D eigenvalue weighted by atomic mass is 10.0. The first-order valence-corrected chi connectivity index (χ1v) is 8.23. The van der Waals surface area contributed by atoms with Crippen molar-refractivity contribution in [1.82, 2.24) is 0 Å². The van der Waals surface area contributed by atoms with Crippen molar-refractivity contribution in [2.75, 3.05) is 19.0 Å². The number of hydrogen-bond donors (Lipinski definition) is 1. The molecular weight excluding hydrogens is 300 g/mol. The van der Waals surface area contributed by atoms with Gasteiger partial charge in [-0.05, 0) is 35.4 Å². The summed E-state index contributed by atoms with van der Waals surface area (Å²) in [6.07, 6.45) is 0. The van der Waals surface area contributed by atoms with Crippen LogP contribution >= 0.6 is 0 Å². The largest absolute Gasteiger partial charge is 0.441 e. The van der Waals surface area contributed by atoms with Gasteiger partial charge in [0.2, 0.25) is 10.0 Å². The molecule has 3 aromatic rings. The molecule has 0 unspecified atom stereocenters. The Bertz CT molecular complexity index is 943. The number of sulfonamides is 1. The third-order valence-corrected chi connectivity index (χ3v) is 4.35. The van der Waals surface area contributed by atoms with Crippen LogP contribution in [0.5, 0.6) is 0 Å². The molecule has 2 N–H and O–H groups in total. The van der Waals surface area contributed by atoms with E-state index < -0.39 is 10.0 Å². The molecular formula is C16H16N2O3S. The Balaban J connectivity index is 2.10. The third-order valence-electron chi connectivity index (χ3n) is 3.44. The first-order valence-electron chi connectivity index (χ1n) is 6.69. The highest BCUT2D eigenvalue weighted by Gasteiger charge is 2.10. The highest BCUT2D eigenvalue weighted by molar-refractivity contribution is 7.89. The Morgan fingerprint density at radius 2 is 1.73 bits per heavy atom. The van der Waals surface area contributed by atoms with Gasteiger partial charge in [0, 0.05) is 25.5 Å². The van der Waals surface area contributed by atoms with Crippen molar-refractivity contribution in [1.29, 1.82) is 0 Å². The maximum atomic E-state index is 11.5. The zero-order valence-electron chi connectivity index (χ0n) is 12.3. The Hall–Kier alpha value is -2.31. The lowest BCUT2D eigenvalue weighted by Crippen LogP contribution is -2.11. The molecule has 114 valence electrons. The minimum atomic E-state index is -3.71. The molecule has 0 aliphatic carbocycles. The highest BCUT2D eigenvalue weighted by Crippen LogP contribution is 2.30. The zero-order valence-corrected chi connectivity index (χ0v) is 13.1. The molecule has 1 aromatic heterocycles. The van der Waals surface area contributed by atoms with E-state index in [0.29, 0.717) is 0 Å². The smallest absolute Gasteiger partial charge is 0.238 e. The molecule has 0 saturated carbocycles. The molecule has 0 atom stereocenters. The van der Waals surface area contributed by atoms with Gasteiger partial charge in [-0.1, -0.05) is 18.2 Å². The van der Waals surface area contributed by atoms with Gasteiger partial charge in [0.15, 0.2) is 5.88 Å². The Labute approximate surface area is 129 Å². The van der Waals surface area contributed by atoms with Gasteiger partial charge in [0.25, 0.3) is 0 Å². The number of furan rings is 1. The molecule has 0 bridgehead atoms. The van der Waals surface area contributed by atoms with E-state index in [1.807, 2.05) is 49.3 Å². The van der Waals surface area contributed by atoms with Crippen molar-refractivity contribution < 1.29 is 12.8 Å². The number of hydrogen-bond acceptors (Lipinski definition) is 4. The monoisotopic (exact) mass is 316 g/mol. The molecule has 0 spiro atoms. The topological polar surface area (TPSA) is 76.5 Å². The van der Waals surface area contributed by atoms with Crippen molar-refractivity contribution in [2.24, 2.45) is 5.14 Å². The van der Waals surface area contributed by atoms with E-state index in [4.69, 9.17) is 9.56 Å². The van der Waals surface area contributed by atoms with Crippen LogP contribution in [0.4, 0.5) is 5.88 Å². The number of nitrogens with zero attached hydrogens (tertiary/aromatic N) is 1. The summed E-state index contributed by atoms with van der Waals surface area (Å²) in [7, 11) is 0.114. The summed E-state index contributed by atoms with van der Waals surface area (Å²) >= 11 is 0. The fourth-order valence-electron chi connectivity index (χ4n) is 2.28. The van der Waals surface area contributed by atoms with Crippen LogP contribution in [-0.2, 0) is 10.0 Å². The molecule has 0 saturated heterocycles. The molecule has 0 radical (unpaired) electrons. The minimum absolute atomic E-state index is 0.103. The van der Waals surface area contributed by atoms with Gasteiger partial charge in [0.1, 0.15) is 5.58 Å². The predicted molar refractivity (Wildman–Crippen MR) is 87.4 cm³/mol. The van der Waals surface area contributed by atoms with E-state index in [1.165, 1.54) is 6.07 Å². The lowest BCUT2D eigenvalue weighted by molar-refractivity contribution is 0.598. The molecule has 0 aliphatic rings. The van der Waals surface area contributed by atoms with Crippen LogP contribution < -0.4 is 10.0 Å². The molecule has 6 heteroatoms. The summed E-state index contributed by atoms with van der Waals surface area (Å²) in [5.74, 6) is 0.769. The molecule has 1 heterocycles. The summed E-state index contributed by atoms with van der Waals surface area (Å²) in [6, 6.07) is 14.3. The Morgan fingerprint density at radius 1 is 1.00 bits per heavy atom. The van der Waals surface area contributed by atoms with Crippen LogP contribution in [0, 0.1) is 0 Å². The van der Waals surface area contributed by atoms with Crippen LogP contribution in [0.25, 0.3) is 22.1 Å². The zero-order chi connectivity index (χ0) is 15.9. The van der Waals surface area contributed by atoms with Crippen LogP contribution in [0.1, 0.15) is 0 Å². The SMILES string of the molecule is CN(C)c1cc2cc(-c3cccc(S(N)(=O)=O)c3)ccc2o1. The number of nitrogens with two attached hydrogens (primary N) is 1. The molecule has 22 heavy (non-hydrogen) atoms. The van der Waals surface area contributed by atoms with E-state index in [1.54, 1.807) is 12.1 Å². The number of anilines is 1. The minimum Gasteiger partial charge on any atom is -0.441 e. The van der Waals surface area contributed by atoms with Crippen molar-refractivity contribution in [3.8, 4) is 11.1 Å². The standard InChI is InChI=1S/C16H16N2O3S/c1-18(2)16-10-13-8-12(6-7-15(13)21-16)11-4-3-5-14(9-11)22(17,19)20/h3-10H,1-2H3,(H2,17,19,20). The Kier molecular flexibility index (Phi) is 3.42. The summed E-state index contributed by atoms with van der Waals surface area (Å²) in [5, 5.41) is 6.14. The van der Waals surface area contributed by atoms with Crippen molar-refractivity contribution in [3.05, 3.63) is 48.5 Å². The summed E-state index contributed by atoms with van der Waals surface area (Å²) in [6.45, 7) is 0. The first kappa shape index (κ1) is 14.6. The number of fused-ring (bicyclic) bond motifs is 1. The van der Waals surface area contributed by atoms with Gasteiger partial charge in [-0.15, -0.1) is 0 Å². The van der Waals surface area contributed by atoms with Gasteiger partial charge < -0.3 is 9.32 Å². The quantitative estimate of drug-likeness (QED) is 0.806. The van der Waals surface area contributed by atoms with Crippen LogP contribution in [-0.4, -0.2) is 22.5 Å². The average Bonchev–Trinajstić information content (AvgIpc) is 2.89. The fourth-order valence-corrected chi connectivity index (χ4v) is 2.84. The second-order valence-electron chi connectivity index (χ2n) is 5.30. The average molecular weight is 316 g/mol. The molecule has 0 fully saturated rings. The number of rotatable bonds is 3. The van der Waals surface area contributed by atoms with Gasteiger partial charge in [-0.3, -0.25) is 0 Å². The van der Waals surface area contributed by atoms with E-state index >= 15 is 0 Å². The van der Waals surface area contributed by atoms with Crippen molar-refractivity contribution in [2.45, 2.75) is 4.90 Å². The molecule has 2 aromatic carbocycles. The second-order valence-corrected chi connectivity index (χ2v) is 6.87. The first-order chi connectivity index (χ1) is 10.3. The number of benzene rings is 2. The van der Waals surface area contributed by atoms with Gasteiger partial charge >= 0.3 is 0 Å². The maximum Gasteiger partial charge on any atom is 0.238 e. The van der Waals surface area contributed by atoms with Gasteiger partial charge in [0.05, 0.1) is 4.90 Å². The summed E-state index contributed by atoms with van der Waals surface area (Å²) < 4.78 is 28.6. The van der Waals surface area contributed by atoms with Crippen molar-refractivity contribution >= 4 is 26.9 Å². The summed E-state index contributed by atoms with van der Waals surface area (Å²) in [5.41, 5.74) is 2.49. The number of primary sulfonamides is 1. The van der Waals surface area contributed by atoms with E-state index in [9.17, 15) is 8.42 Å². The molecule has 5 nitrogen and oxygen atoms in total. The van der Waals surface area contributed by atoms with E-state index in [2.05, 4.69) is 0 Å². The Morgan fingerprint density at radius 3 is 2.41 bits per heavy atom. The lowest BCUT2D eigenvalue weighted by Gasteiger charge is -2.05. The molecule has 0 aliphatic heterocycles. The third kappa shape index (κ3) is 2.70. The van der Waals surface area contributed by atoms with Crippen molar-refractivity contribution in [3.63, 3.8) is 0 Å². The highest BCUT2D eigenvalue weighted by atomic mass is 32.2. The van der Waals surface area contributed by atoms with Crippen LogP contribution in [0.15, 0.2) is 57.8 Å². The molecule has 3 rings (SSSR count). The molecule has 0 amide bonds. The fraction of sp³-hybridized carbons (Fsp3) is 0.125. The van der Waals surface area contributed by atoms with Crippen LogP contribution in [0.3, 0.4) is 0 Å². The van der Waals surface area contributed by atoms with Gasteiger partial charge in [-0.2, -0.15) is 0 Å². The summed E-state index contributed by atoms with van der Waals surface area (Å²) in [4.78, 5) is 1.99. The van der Waals surface area contributed by atoms with Gasteiger partial charge in [-0.25, -0.2) is 13.6 Å². The predicted octanol–water partition coefficient (Wildman–Crippen LogP) is 2.81. The van der Waals surface area contributed by atoms with E-state index in [0.717, 1.165) is 28.0 Å². The maximum absolute atomic E-state index is 11.5. The van der Waals surface area contributed by atoms with E-state index in [-0.39, 0.29) is 4.90 Å². The second kappa shape index (κ2) is 5.15.